The Bertz CT molecular complexity index is 490. The highest BCUT2D eigenvalue weighted by molar-refractivity contribution is 9.09. The van der Waals surface area contributed by atoms with Gasteiger partial charge in [0.15, 0.2) is 0 Å². The zero-order chi connectivity index (χ0) is 15.5. The summed E-state index contributed by atoms with van der Waals surface area (Å²) in [6.07, 6.45) is 0.572. The van der Waals surface area contributed by atoms with Gasteiger partial charge in [0.1, 0.15) is 5.69 Å². The number of nitrogens with one attached hydrogen (secondary N) is 1. The minimum absolute atomic E-state index is 0.00852. The molecule has 116 valence electrons. The van der Waals surface area contributed by atoms with Gasteiger partial charge in [0.05, 0.1) is 5.56 Å². The van der Waals surface area contributed by atoms with Crippen LogP contribution in [0.25, 0.3) is 0 Å². The molecule has 7 heteroatoms. The second-order valence-electron chi connectivity index (χ2n) is 5.27. The van der Waals surface area contributed by atoms with E-state index in [1.165, 1.54) is 0 Å². The Morgan fingerprint density at radius 1 is 1.38 bits per heavy atom. The van der Waals surface area contributed by atoms with Crippen LogP contribution in [0.2, 0.25) is 0 Å². The number of hydrogen-bond donors (Lipinski definition) is 1. The zero-order valence-corrected chi connectivity index (χ0v) is 12.9. The van der Waals surface area contributed by atoms with Gasteiger partial charge in [-0.3, -0.25) is 9.78 Å². The van der Waals surface area contributed by atoms with Crippen LogP contribution in [-0.4, -0.2) is 22.3 Å². The highest BCUT2D eigenvalue weighted by Crippen LogP contribution is 2.29. The van der Waals surface area contributed by atoms with E-state index in [9.17, 15) is 18.0 Å². The SMILES string of the molecule is O=C(NCC1CCCC(Br)C1)c1ccc(C(F)(F)F)cn1. The summed E-state index contributed by atoms with van der Waals surface area (Å²) < 4.78 is 37.2. The topological polar surface area (TPSA) is 42.0 Å². The summed E-state index contributed by atoms with van der Waals surface area (Å²) in [7, 11) is 0. The molecule has 0 aromatic carbocycles. The Hall–Kier alpha value is -1.11. The maximum atomic E-state index is 12.4. The molecular weight excluding hydrogens is 349 g/mol. The van der Waals surface area contributed by atoms with E-state index in [0.717, 1.165) is 37.8 Å². The van der Waals surface area contributed by atoms with Gasteiger partial charge in [-0.2, -0.15) is 13.2 Å². The first-order valence-electron chi connectivity index (χ1n) is 6.82. The number of halogens is 4. The van der Waals surface area contributed by atoms with Crippen molar-refractivity contribution in [3.05, 3.63) is 29.6 Å². The Labute approximate surface area is 129 Å². The van der Waals surface area contributed by atoms with Crippen LogP contribution >= 0.6 is 15.9 Å². The lowest BCUT2D eigenvalue weighted by atomic mass is 9.89. The molecule has 2 rings (SSSR count). The molecule has 0 radical (unpaired) electrons. The van der Waals surface area contributed by atoms with Crippen LogP contribution in [0.1, 0.15) is 41.7 Å². The summed E-state index contributed by atoms with van der Waals surface area (Å²) in [5.74, 6) is -0.0260. The normalized spacial score (nSPS) is 22.9. The standard InChI is InChI=1S/C14H16BrF3N2O/c15-11-3-1-2-9(6-11)7-20-13(21)12-5-4-10(8-19-12)14(16,17)18/h4-5,8-9,11H,1-3,6-7H2,(H,20,21). The monoisotopic (exact) mass is 364 g/mol. The van der Waals surface area contributed by atoms with E-state index in [-0.39, 0.29) is 5.69 Å². The van der Waals surface area contributed by atoms with E-state index in [2.05, 4.69) is 26.2 Å². The molecule has 0 bridgehead atoms. The third-order valence-electron chi connectivity index (χ3n) is 3.59. The second-order valence-corrected chi connectivity index (χ2v) is 6.56. The van der Waals surface area contributed by atoms with Crippen LogP contribution in [0.3, 0.4) is 0 Å². The van der Waals surface area contributed by atoms with Crippen molar-refractivity contribution in [2.45, 2.75) is 36.7 Å². The molecule has 1 aliphatic rings. The van der Waals surface area contributed by atoms with Crippen molar-refractivity contribution in [3.8, 4) is 0 Å². The smallest absolute Gasteiger partial charge is 0.350 e. The summed E-state index contributed by atoms with van der Waals surface area (Å²) >= 11 is 3.58. The predicted molar refractivity (Wildman–Crippen MR) is 76.2 cm³/mol. The van der Waals surface area contributed by atoms with Crippen LogP contribution < -0.4 is 5.32 Å². The van der Waals surface area contributed by atoms with Crippen molar-refractivity contribution in [1.82, 2.24) is 10.3 Å². The number of carbonyl (C=O) groups excluding carboxylic acids is 1. The zero-order valence-electron chi connectivity index (χ0n) is 11.3. The summed E-state index contributed by atoms with van der Waals surface area (Å²) in [5, 5.41) is 2.74. The lowest BCUT2D eigenvalue weighted by molar-refractivity contribution is -0.137. The molecule has 1 N–H and O–H groups in total. The van der Waals surface area contributed by atoms with E-state index in [1.807, 2.05) is 0 Å². The lowest BCUT2D eigenvalue weighted by Crippen LogP contribution is -2.32. The van der Waals surface area contributed by atoms with Crippen molar-refractivity contribution < 1.29 is 18.0 Å². The number of hydrogen-bond acceptors (Lipinski definition) is 2. The molecule has 0 saturated heterocycles. The third kappa shape index (κ3) is 4.69. The average molecular weight is 365 g/mol. The Morgan fingerprint density at radius 3 is 2.71 bits per heavy atom. The van der Waals surface area contributed by atoms with Crippen LogP contribution in [0, 0.1) is 5.92 Å². The molecule has 1 aromatic rings. The van der Waals surface area contributed by atoms with Gasteiger partial charge in [0.25, 0.3) is 5.91 Å². The molecular formula is C14H16BrF3N2O. The summed E-state index contributed by atoms with van der Waals surface area (Å²) in [5.41, 5.74) is -0.845. The van der Waals surface area contributed by atoms with Crippen molar-refractivity contribution in [1.29, 1.82) is 0 Å². The van der Waals surface area contributed by atoms with Gasteiger partial charge in [0, 0.05) is 17.6 Å². The largest absolute Gasteiger partial charge is 0.417 e. The first-order chi connectivity index (χ1) is 9.86. The summed E-state index contributed by atoms with van der Waals surface area (Å²) in [6.45, 7) is 0.531. The van der Waals surface area contributed by atoms with Crippen LogP contribution in [0.15, 0.2) is 18.3 Å². The van der Waals surface area contributed by atoms with Gasteiger partial charge in [-0.1, -0.05) is 22.4 Å². The van der Waals surface area contributed by atoms with Crippen molar-refractivity contribution in [3.63, 3.8) is 0 Å². The highest BCUT2D eigenvalue weighted by Gasteiger charge is 2.31. The molecule has 1 saturated carbocycles. The molecule has 1 amide bonds. The number of alkyl halides is 4. The molecule has 1 heterocycles. The van der Waals surface area contributed by atoms with Gasteiger partial charge in [-0.15, -0.1) is 0 Å². The summed E-state index contributed by atoms with van der Waals surface area (Å²) in [4.78, 5) is 15.9. The van der Waals surface area contributed by atoms with Crippen molar-refractivity contribution in [2.75, 3.05) is 6.54 Å². The van der Waals surface area contributed by atoms with Gasteiger partial charge < -0.3 is 5.32 Å². The summed E-state index contributed by atoms with van der Waals surface area (Å²) in [6, 6.07) is 1.98. The molecule has 1 fully saturated rings. The van der Waals surface area contributed by atoms with Gasteiger partial charge in [-0.25, -0.2) is 0 Å². The number of pyridine rings is 1. The minimum Gasteiger partial charge on any atom is -0.350 e. The fraction of sp³-hybridized carbons (Fsp3) is 0.571. The van der Waals surface area contributed by atoms with E-state index < -0.39 is 17.6 Å². The van der Waals surface area contributed by atoms with Crippen molar-refractivity contribution in [2.24, 2.45) is 5.92 Å². The number of carbonyl (C=O) groups is 1. The lowest BCUT2D eigenvalue weighted by Gasteiger charge is -2.25. The molecule has 1 aromatic heterocycles. The first kappa shape index (κ1) is 16.3. The van der Waals surface area contributed by atoms with Crippen LogP contribution in [-0.2, 0) is 6.18 Å². The maximum absolute atomic E-state index is 12.4. The van der Waals surface area contributed by atoms with Crippen molar-refractivity contribution >= 4 is 21.8 Å². The first-order valence-corrected chi connectivity index (χ1v) is 7.73. The average Bonchev–Trinajstić information content (AvgIpc) is 2.44. The van der Waals surface area contributed by atoms with E-state index in [1.54, 1.807) is 0 Å². The van der Waals surface area contributed by atoms with Crippen LogP contribution in [0.5, 0.6) is 0 Å². The molecule has 0 aliphatic heterocycles. The predicted octanol–water partition coefficient (Wildman–Crippen LogP) is 3.78. The van der Waals surface area contributed by atoms with Crippen LogP contribution in [0.4, 0.5) is 13.2 Å². The molecule has 3 nitrogen and oxygen atoms in total. The number of nitrogens with zero attached hydrogens (tertiary/aromatic N) is 1. The Balaban J connectivity index is 1.88. The van der Waals surface area contributed by atoms with Gasteiger partial charge in [0.2, 0.25) is 0 Å². The number of amides is 1. The Kier molecular flexibility index (Phi) is 5.24. The Morgan fingerprint density at radius 2 is 2.14 bits per heavy atom. The molecule has 2 atom stereocenters. The molecule has 21 heavy (non-hydrogen) atoms. The minimum atomic E-state index is -4.44. The quantitative estimate of drug-likeness (QED) is 0.829. The van der Waals surface area contributed by atoms with E-state index >= 15 is 0 Å². The fourth-order valence-electron chi connectivity index (χ4n) is 2.43. The van der Waals surface area contributed by atoms with E-state index in [4.69, 9.17) is 0 Å². The molecule has 1 aliphatic carbocycles. The van der Waals surface area contributed by atoms with Gasteiger partial charge >= 0.3 is 6.18 Å². The van der Waals surface area contributed by atoms with Gasteiger partial charge in [-0.05, 0) is 37.3 Å². The third-order valence-corrected chi connectivity index (χ3v) is 4.43. The van der Waals surface area contributed by atoms with E-state index in [0.29, 0.717) is 23.5 Å². The fourth-order valence-corrected chi connectivity index (χ4v) is 3.29. The molecule has 2 unspecified atom stereocenters. The molecule has 0 spiro atoms. The highest BCUT2D eigenvalue weighted by atomic mass is 79.9. The maximum Gasteiger partial charge on any atom is 0.417 e. The second kappa shape index (κ2) is 6.77. The number of aromatic nitrogens is 1. The number of rotatable bonds is 3.